The lowest BCUT2D eigenvalue weighted by molar-refractivity contribution is -0.384. The highest BCUT2D eigenvalue weighted by Crippen LogP contribution is 2.34. The van der Waals surface area contributed by atoms with E-state index in [-0.39, 0.29) is 42.0 Å². The van der Waals surface area contributed by atoms with Gasteiger partial charge in [0.15, 0.2) is 0 Å². The first kappa shape index (κ1) is 31.2. The van der Waals surface area contributed by atoms with Gasteiger partial charge in [-0.15, -0.1) is 0 Å². The zero-order chi connectivity index (χ0) is 29.4. The number of hydrogen-bond acceptors (Lipinski definition) is 7. The molecule has 1 saturated carbocycles. The maximum absolute atomic E-state index is 13.9. The summed E-state index contributed by atoms with van der Waals surface area (Å²) in [6.45, 7) is 1.11. The van der Waals surface area contributed by atoms with Crippen LogP contribution in [0, 0.1) is 10.1 Å². The minimum Gasteiger partial charge on any atom is -0.495 e. The number of nitro benzene ring substituents is 1. The third kappa shape index (κ3) is 8.07. The number of benzene rings is 2. The van der Waals surface area contributed by atoms with Crippen LogP contribution in [-0.2, 0) is 26.2 Å². The van der Waals surface area contributed by atoms with Gasteiger partial charge in [-0.25, -0.2) is 8.42 Å². The Labute approximate surface area is 239 Å². The van der Waals surface area contributed by atoms with Crippen molar-refractivity contribution in [2.45, 2.75) is 64.1 Å². The van der Waals surface area contributed by atoms with Crippen LogP contribution in [0.25, 0.3) is 0 Å². The van der Waals surface area contributed by atoms with Crippen molar-refractivity contribution in [3.05, 3.63) is 63.2 Å². The lowest BCUT2D eigenvalue weighted by Crippen LogP contribution is -2.54. The van der Waals surface area contributed by atoms with Crippen molar-refractivity contribution >= 4 is 44.8 Å². The van der Waals surface area contributed by atoms with E-state index in [1.807, 2.05) is 0 Å². The number of halogens is 1. The summed E-state index contributed by atoms with van der Waals surface area (Å²) in [6, 6.07) is 9.43. The van der Waals surface area contributed by atoms with Crippen LogP contribution >= 0.6 is 11.6 Å². The Kier molecular flexibility index (Phi) is 10.7. The summed E-state index contributed by atoms with van der Waals surface area (Å²) in [5.74, 6) is -0.926. The second kappa shape index (κ2) is 13.8. The number of carbonyl (C=O) groups excluding carboxylic acids is 2. The van der Waals surface area contributed by atoms with Crippen molar-refractivity contribution in [2.24, 2.45) is 0 Å². The first-order chi connectivity index (χ1) is 18.9. The van der Waals surface area contributed by atoms with Crippen LogP contribution in [0.5, 0.6) is 5.75 Å². The molecule has 3 rings (SSSR count). The molecule has 1 unspecified atom stereocenters. The summed E-state index contributed by atoms with van der Waals surface area (Å²) in [5.41, 5.74) is 0.174. The molecule has 0 spiro atoms. The lowest BCUT2D eigenvalue weighted by atomic mass is 9.95. The Hall–Kier alpha value is -3.38. The monoisotopic (exact) mass is 594 g/mol. The number of nitrogens with zero attached hydrogens (tertiary/aromatic N) is 3. The highest BCUT2D eigenvalue weighted by atomic mass is 35.5. The van der Waals surface area contributed by atoms with Crippen molar-refractivity contribution < 1.29 is 27.7 Å². The predicted octanol–water partition coefficient (Wildman–Crippen LogP) is 4.28. The molecule has 1 fully saturated rings. The predicted molar refractivity (Wildman–Crippen MR) is 153 cm³/mol. The number of amides is 2. The van der Waals surface area contributed by atoms with Crippen LogP contribution in [0.2, 0.25) is 5.02 Å². The molecule has 2 aromatic rings. The minimum absolute atomic E-state index is 0.0180. The zero-order valence-electron chi connectivity index (χ0n) is 22.8. The van der Waals surface area contributed by atoms with E-state index < -0.39 is 33.4 Å². The van der Waals surface area contributed by atoms with Gasteiger partial charge in [-0.1, -0.05) is 49.9 Å². The van der Waals surface area contributed by atoms with Crippen molar-refractivity contribution in [3.63, 3.8) is 0 Å². The Morgan fingerprint density at radius 1 is 1.15 bits per heavy atom. The van der Waals surface area contributed by atoms with E-state index >= 15 is 0 Å². The summed E-state index contributed by atoms with van der Waals surface area (Å²) in [7, 11) is -2.82. The molecule has 13 heteroatoms. The van der Waals surface area contributed by atoms with Gasteiger partial charge in [0.2, 0.25) is 21.8 Å². The summed E-state index contributed by atoms with van der Waals surface area (Å²) in [6.07, 6.45) is 6.07. The number of hydrogen-bond donors (Lipinski definition) is 1. The third-order valence-corrected chi connectivity index (χ3v) is 8.30. The fourth-order valence-corrected chi connectivity index (χ4v) is 5.80. The number of methoxy groups -OCH3 is 1. The highest BCUT2D eigenvalue weighted by Gasteiger charge is 2.34. The highest BCUT2D eigenvalue weighted by molar-refractivity contribution is 7.92. The number of nitrogens with one attached hydrogen (secondary N) is 1. The van der Waals surface area contributed by atoms with Gasteiger partial charge in [0.25, 0.3) is 5.69 Å². The molecule has 2 amide bonds. The first-order valence-electron chi connectivity index (χ1n) is 13.1. The Morgan fingerprint density at radius 3 is 2.35 bits per heavy atom. The van der Waals surface area contributed by atoms with Gasteiger partial charge in [0.05, 0.1) is 18.3 Å². The molecule has 0 radical (unpaired) electrons. The molecule has 0 bridgehead atoms. The Balaban J connectivity index is 1.99. The molecule has 0 aromatic heterocycles. The maximum atomic E-state index is 13.9. The number of non-ortho nitro benzene ring substituents is 1. The van der Waals surface area contributed by atoms with Crippen LogP contribution in [0.3, 0.4) is 0 Å². The van der Waals surface area contributed by atoms with Crippen molar-refractivity contribution in [3.8, 4) is 5.75 Å². The normalized spacial score (nSPS) is 14.7. The molecule has 1 atom stereocenters. The summed E-state index contributed by atoms with van der Waals surface area (Å²) < 4.78 is 31.8. The molecule has 0 saturated heterocycles. The summed E-state index contributed by atoms with van der Waals surface area (Å²) in [5, 5.41) is 15.0. The first-order valence-corrected chi connectivity index (χ1v) is 15.3. The number of sulfonamides is 1. The molecular weight excluding hydrogens is 560 g/mol. The summed E-state index contributed by atoms with van der Waals surface area (Å²) in [4.78, 5) is 39.5. The van der Waals surface area contributed by atoms with E-state index in [9.17, 15) is 28.1 Å². The molecular formula is C27H35ClN4O7S. The van der Waals surface area contributed by atoms with Crippen molar-refractivity contribution in [1.29, 1.82) is 0 Å². The van der Waals surface area contributed by atoms with Gasteiger partial charge < -0.3 is 15.0 Å². The van der Waals surface area contributed by atoms with E-state index in [2.05, 4.69) is 5.32 Å². The van der Waals surface area contributed by atoms with Gasteiger partial charge >= 0.3 is 0 Å². The van der Waals surface area contributed by atoms with Gasteiger partial charge in [-0.3, -0.25) is 24.0 Å². The number of ether oxygens (including phenoxy) is 1. The summed E-state index contributed by atoms with van der Waals surface area (Å²) >= 11 is 6.03. The lowest BCUT2D eigenvalue weighted by Gasteiger charge is -2.34. The van der Waals surface area contributed by atoms with Crippen molar-refractivity contribution in [2.75, 3.05) is 24.2 Å². The van der Waals surface area contributed by atoms with Crippen LogP contribution in [0.1, 0.15) is 51.0 Å². The topological polar surface area (TPSA) is 139 Å². The standard InChI is InChI=1S/C27H35ClN4O7S/c1-4-23(27(34)29-21-8-6-5-7-9-21)30(17-19-10-12-20(28)13-11-19)26(33)18-31(40(3,37)38)24-16-22(32(35)36)14-15-25(24)39-2/h10-16,21,23H,4-9,17-18H2,1-3H3,(H,29,34). The molecule has 1 aliphatic rings. The van der Waals surface area contributed by atoms with Gasteiger partial charge in [-0.05, 0) is 43.0 Å². The van der Waals surface area contributed by atoms with E-state index in [4.69, 9.17) is 16.3 Å². The Morgan fingerprint density at radius 2 is 1.80 bits per heavy atom. The van der Waals surface area contributed by atoms with Gasteiger partial charge in [0, 0.05) is 29.7 Å². The number of nitro groups is 1. The molecule has 218 valence electrons. The largest absolute Gasteiger partial charge is 0.495 e. The zero-order valence-corrected chi connectivity index (χ0v) is 24.4. The molecule has 0 aliphatic heterocycles. The fourth-order valence-electron chi connectivity index (χ4n) is 4.83. The minimum atomic E-state index is -4.11. The quantitative estimate of drug-likeness (QED) is 0.286. The molecule has 0 heterocycles. The molecule has 40 heavy (non-hydrogen) atoms. The smallest absolute Gasteiger partial charge is 0.271 e. The van der Waals surface area contributed by atoms with Crippen LogP contribution in [0.4, 0.5) is 11.4 Å². The average molecular weight is 595 g/mol. The third-order valence-electron chi connectivity index (χ3n) is 6.92. The van der Waals surface area contributed by atoms with Gasteiger partial charge in [-0.2, -0.15) is 0 Å². The number of carbonyl (C=O) groups is 2. The molecule has 1 aliphatic carbocycles. The van der Waals surface area contributed by atoms with E-state index in [1.165, 1.54) is 24.1 Å². The van der Waals surface area contributed by atoms with Gasteiger partial charge in [0.1, 0.15) is 24.0 Å². The average Bonchev–Trinajstić information content (AvgIpc) is 2.92. The van der Waals surface area contributed by atoms with Crippen LogP contribution in [0.15, 0.2) is 42.5 Å². The second-order valence-corrected chi connectivity index (χ2v) is 12.1. The molecule has 2 aromatic carbocycles. The van der Waals surface area contributed by atoms with E-state index in [1.54, 1.807) is 31.2 Å². The fraction of sp³-hybridized carbons (Fsp3) is 0.481. The second-order valence-electron chi connectivity index (χ2n) is 9.80. The molecule has 1 N–H and O–H groups in total. The van der Waals surface area contributed by atoms with Crippen LogP contribution < -0.4 is 14.4 Å². The SMILES string of the molecule is CCC(C(=O)NC1CCCCC1)N(Cc1ccc(Cl)cc1)C(=O)CN(c1cc([N+](=O)[O-])ccc1OC)S(C)(=O)=O. The maximum Gasteiger partial charge on any atom is 0.271 e. The van der Waals surface area contributed by atoms with Crippen LogP contribution in [-0.4, -0.2) is 62.0 Å². The van der Waals surface area contributed by atoms with E-state index in [0.717, 1.165) is 48.7 Å². The van der Waals surface area contributed by atoms with E-state index in [0.29, 0.717) is 10.6 Å². The molecule has 11 nitrogen and oxygen atoms in total. The Bertz CT molecular complexity index is 1310. The number of rotatable bonds is 12. The number of anilines is 1. The van der Waals surface area contributed by atoms with Crippen molar-refractivity contribution in [1.82, 2.24) is 10.2 Å².